The van der Waals surface area contributed by atoms with Gasteiger partial charge in [0.25, 0.3) is 0 Å². The number of nitrogens with one attached hydrogen (secondary N) is 1. The molecule has 1 fully saturated rings. The van der Waals surface area contributed by atoms with Crippen LogP contribution in [0.1, 0.15) is 16.9 Å². The average molecular weight is 346 g/mol. The van der Waals surface area contributed by atoms with Crippen LogP contribution in [-0.4, -0.2) is 29.8 Å². The zero-order chi connectivity index (χ0) is 16.9. The molecule has 0 unspecified atom stereocenters. The van der Waals surface area contributed by atoms with Crippen molar-refractivity contribution < 1.29 is 14.0 Å². The lowest BCUT2D eigenvalue weighted by atomic mass is 10.1. The number of hydrogen-bond acceptors (Lipinski definition) is 3. The van der Waals surface area contributed by atoms with E-state index in [-0.39, 0.29) is 23.5 Å². The molecule has 0 saturated carbocycles. The number of hydrogen-bond donors (Lipinski definition) is 1. The maximum atomic E-state index is 12.9. The highest BCUT2D eigenvalue weighted by Gasteiger charge is 2.29. The maximum absolute atomic E-state index is 12.9. The van der Waals surface area contributed by atoms with Crippen LogP contribution in [0.5, 0.6) is 0 Å². The van der Waals surface area contributed by atoms with Gasteiger partial charge >= 0.3 is 0 Å². The van der Waals surface area contributed by atoms with Crippen LogP contribution in [0.15, 0.2) is 41.8 Å². The van der Waals surface area contributed by atoms with Crippen molar-refractivity contribution in [2.45, 2.75) is 19.4 Å². The second-order valence-electron chi connectivity index (χ2n) is 6.03. The normalized spacial score (nSPS) is 17.3. The highest BCUT2D eigenvalue weighted by atomic mass is 32.1. The van der Waals surface area contributed by atoms with Gasteiger partial charge in [-0.15, -0.1) is 11.3 Å². The van der Waals surface area contributed by atoms with Crippen LogP contribution in [0.4, 0.5) is 4.39 Å². The molecule has 1 aromatic heterocycles. The van der Waals surface area contributed by atoms with E-state index in [0.717, 1.165) is 10.4 Å². The molecule has 2 heterocycles. The fourth-order valence-electron chi connectivity index (χ4n) is 2.85. The minimum atomic E-state index is -0.280. The van der Waals surface area contributed by atoms with Gasteiger partial charge in [0.2, 0.25) is 11.8 Å². The molecule has 1 aliphatic rings. The van der Waals surface area contributed by atoms with E-state index in [2.05, 4.69) is 5.32 Å². The molecule has 1 aromatic carbocycles. The summed E-state index contributed by atoms with van der Waals surface area (Å²) >= 11 is 1.56. The number of benzene rings is 1. The van der Waals surface area contributed by atoms with Crippen LogP contribution < -0.4 is 5.32 Å². The van der Waals surface area contributed by atoms with Gasteiger partial charge in [-0.25, -0.2) is 4.39 Å². The van der Waals surface area contributed by atoms with E-state index in [4.69, 9.17) is 0 Å². The van der Waals surface area contributed by atoms with E-state index >= 15 is 0 Å². The molecule has 0 radical (unpaired) electrons. The molecule has 1 N–H and O–H groups in total. The van der Waals surface area contributed by atoms with Crippen molar-refractivity contribution in [3.8, 4) is 0 Å². The lowest BCUT2D eigenvalue weighted by Gasteiger charge is -2.17. The summed E-state index contributed by atoms with van der Waals surface area (Å²) in [4.78, 5) is 26.8. The number of likely N-dealkylation sites (tertiary alicyclic amines) is 1. The van der Waals surface area contributed by atoms with Crippen molar-refractivity contribution in [3.05, 3.63) is 58.0 Å². The third kappa shape index (κ3) is 4.41. The second kappa shape index (κ2) is 7.57. The first-order chi connectivity index (χ1) is 11.6. The Morgan fingerprint density at radius 2 is 2.08 bits per heavy atom. The number of nitrogens with zero attached hydrogens (tertiary/aromatic N) is 1. The van der Waals surface area contributed by atoms with Crippen LogP contribution in [0.25, 0.3) is 0 Å². The minimum absolute atomic E-state index is 0.0121. The molecule has 1 atom stereocenters. The SMILES string of the molecule is O=C(Cc1cccs1)NC[C@@H]1CC(=O)N(Cc2ccc(F)cc2)C1. The summed E-state index contributed by atoms with van der Waals surface area (Å²) in [6, 6.07) is 10.1. The molecule has 24 heavy (non-hydrogen) atoms. The molecule has 0 bridgehead atoms. The standard InChI is InChI=1S/C18H19FN2O2S/c19-15-5-3-13(4-6-15)11-21-12-14(8-18(21)23)10-20-17(22)9-16-2-1-7-24-16/h1-7,14H,8-12H2,(H,20,22)/t14-/m0/s1. The van der Waals surface area contributed by atoms with E-state index in [1.165, 1.54) is 12.1 Å². The van der Waals surface area contributed by atoms with Crippen LogP contribution >= 0.6 is 11.3 Å². The summed E-state index contributed by atoms with van der Waals surface area (Å²) in [6.45, 7) is 1.62. The van der Waals surface area contributed by atoms with Gasteiger partial charge in [-0.3, -0.25) is 9.59 Å². The monoisotopic (exact) mass is 346 g/mol. The highest BCUT2D eigenvalue weighted by Crippen LogP contribution is 2.20. The molecule has 0 aliphatic carbocycles. The largest absolute Gasteiger partial charge is 0.355 e. The number of carbonyl (C=O) groups is 2. The van der Waals surface area contributed by atoms with Crippen LogP contribution in [0.2, 0.25) is 0 Å². The number of rotatable bonds is 6. The highest BCUT2D eigenvalue weighted by molar-refractivity contribution is 7.10. The third-order valence-electron chi connectivity index (χ3n) is 4.08. The Balaban J connectivity index is 1.46. The van der Waals surface area contributed by atoms with Crippen molar-refractivity contribution in [1.82, 2.24) is 10.2 Å². The van der Waals surface area contributed by atoms with Crippen molar-refractivity contribution in [3.63, 3.8) is 0 Å². The van der Waals surface area contributed by atoms with Gasteiger partial charge in [-0.05, 0) is 29.1 Å². The lowest BCUT2D eigenvalue weighted by molar-refractivity contribution is -0.128. The van der Waals surface area contributed by atoms with Gasteiger partial charge < -0.3 is 10.2 Å². The fourth-order valence-corrected chi connectivity index (χ4v) is 3.55. The predicted octanol–water partition coefficient (Wildman–Crippen LogP) is 2.59. The summed E-state index contributed by atoms with van der Waals surface area (Å²) in [5.41, 5.74) is 0.909. The molecule has 1 saturated heterocycles. The summed E-state index contributed by atoms with van der Waals surface area (Å²) < 4.78 is 12.9. The van der Waals surface area contributed by atoms with Crippen LogP contribution in [-0.2, 0) is 22.6 Å². The van der Waals surface area contributed by atoms with E-state index in [9.17, 15) is 14.0 Å². The topological polar surface area (TPSA) is 49.4 Å². The number of carbonyl (C=O) groups excluding carboxylic acids is 2. The Labute approximate surface area is 144 Å². The Morgan fingerprint density at radius 3 is 2.79 bits per heavy atom. The average Bonchev–Trinajstić information content (AvgIpc) is 3.18. The Bertz CT molecular complexity index is 700. The minimum Gasteiger partial charge on any atom is -0.355 e. The van der Waals surface area contributed by atoms with Gasteiger partial charge in [0.05, 0.1) is 6.42 Å². The first kappa shape index (κ1) is 16.6. The van der Waals surface area contributed by atoms with Crippen molar-refractivity contribution in [1.29, 1.82) is 0 Å². The maximum Gasteiger partial charge on any atom is 0.225 e. The van der Waals surface area contributed by atoms with Gasteiger partial charge in [0.1, 0.15) is 5.82 Å². The van der Waals surface area contributed by atoms with Gasteiger partial charge in [-0.1, -0.05) is 18.2 Å². The van der Waals surface area contributed by atoms with E-state index in [0.29, 0.717) is 32.5 Å². The molecule has 1 aliphatic heterocycles. The molecule has 126 valence electrons. The molecule has 6 heteroatoms. The van der Waals surface area contributed by atoms with Gasteiger partial charge in [-0.2, -0.15) is 0 Å². The summed E-state index contributed by atoms with van der Waals surface area (Å²) in [5, 5.41) is 4.86. The molecule has 2 aromatic rings. The summed E-state index contributed by atoms with van der Waals surface area (Å²) in [6.07, 6.45) is 0.831. The van der Waals surface area contributed by atoms with Crippen molar-refractivity contribution >= 4 is 23.2 Å². The molecular formula is C18H19FN2O2S. The number of thiophene rings is 1. The Morgan fingerprint density at radius 1 is 1.29 bits per heavy atom. The smallest absolute Gasteiger partial charge is 0.225 e. The summed E-state index contributed by atoms with van der Waals surface area (Å²) in [5.74, 6) is -0.0817. The van der Waals surface area contributed by atoms with Gasteiger partial charge in [0.15, 0.2) is 0 Å². The van der Waals surface area contributed by atoms with Crippen molar-refractivity contribution in [2.75, 3.05) is 13.1 Å². The Hall–Kier alpha value is -2.21. The van der Waals surface area contributed by atoms with E-state index in [1.54, 1.807) is 28.4 Å². The summed E-state index contributed by atoms with van der Waals surface area (Å²) in [7, 11) is 0. The van der Waals surface area contributed by atoms with Crippen LogP contribution in [0, 0.1) is 11.7 Å². The van der Waals surface area contributed by atoms with E-state index in [1.807, 2.05) is 17.5 Å². The molecule has 0 spiro atoms. The third-order valence-corrected chi connectivity index (χ3v) is 4.96. The second-order valence-corrected chi connectivity index (χ2v) is 7.06. The van der Waals surface area contributed by atoms with Crippen molar-refractivity contribution in [2.24, 2.45) is 5.92 Å². The molecular weight excluding hydrogens is 327 g/mol. The molecule has 4 nitrogen and oxygen atoms in total. The van der Waals surface area contributed by atoms with Gasteiger partial charge in [0, 0.05) is 36.9 Å². The predicted molar refractivity (Wildman–Crippen MR) is 91.0 cm³/mol. The first-order valence-electron chi connectivity index (χ1n) is 7.91. The lowest BCUT2D eigenvalue weighted by Crippen LogP contribution is -2.31. The fraction of sp³-hybridized carbons (Fsp3) is 0.333. The molecule has 2 amide bonds. The quantitative estimate of drug-likeness (QED) is 0.874. The number of halogens is 1. The number of amides is 2. The zero-order valence-corrected chi connectivity index (χ0v) is 14.0. The first-order valence-corrected chi connectivity index (χ1v) is 8.79. The van der Waals surface area contributed by atoms with E-state index < -0.39 is 0 Å². The molecule has 3 rings (SSSR count). The van der Waals surface area contributed by atoms with Crippen LogP contribution in [0.3, 0.4) is 0 Å². The zero-order valence-electron chi connectivity index (χ0n) is 13.2. The Kier molecular flexibility index (Phi) is 5.25.